The summed E-state index contributed by atoms with van der Waals surface area (Å²) in [4.78, 5) is 29.3. The number of hydrogen-bond acceptors (Lipinski definition) is 8. The number of H-pyrrole nitrogens is 1. The Bertz CT molecular complexity index is 1060. The monoisotopic (exact) mass is 432 g/mol. The lowest BCUT2D eigenvalue weighted by Gasteiger charge is -2.33. The van der Waals surface area contributed by atoms with Crippen molar-refractivity contribution in [3.63, 3.8) is 0 Å². The van der Waals surface area contributed by atoms with Gasteiger partial charge in [-0.3, -0.25) is 4.79 Å². The highest BCUT2D eigenvalue weighted by molar-refractivity contribution is 6.00. The Hall–Kier alpha value is -3.08. The number of carbonyl (C=O) groups excluding carboxylic acids is 1. The maximum atomic E-state index is 12.4. The summed E-state index contributed by atoms with van der Waals surface area (Å²) in [5.41, 5.74) is 1.13. The normalized spacial score (nSPS) is 20.2. The van der Waals surface area contributed by atoms with Crippen LogP contribution in [0.2, 0.25) is 0 Å². The molecule has 0 bridgehead atoms. The number of hydrazone groups is 1. The van der Waals surface area contributed by atoms with Crippen LogP contribution in [0.3, 0.4) is 0 Å². The van der Waals surface area contributed by atoms with Gasteiger partial charge in [0, 0.05) is 39.2 Å². The highest BCUT2D eigenvalue weighted by atomic mass is 16.7. The van der Waals surface area contributed by atoms with Crippen LogP contribution in [-0.2, 0) is 14.2 Å². The predicted molar refractivity (Wildman–Crippen MR) is 112 cm³/mol. The van der Waals surface area contributed by atoms with Gasteiger partial charge in [-0.25, -0.2) is 14.3 Å². The number of ether oxygens (including phenoxy) is 3. The number of methoxy groups -OCH3 is 1. The Morgan fingerprint density at radius 1 is 1.29 bits per heavy atom. The SMILES string of the molecule is COC1OC(c2cnn3c(C4CCN(C(=O)OC(C)(C)C)CC4)cc(=O)[nH]c23)=NN1C. The molecule has 1 N–H and O–H groups in total. The van der Waals surface area contributed by atoms with Crippen molar-refractivity contribution >= 4 is 17.6 Å². The minimum absolute atomic E-state index is 0.0806. The molecule has 1 fully saturated rings. The zero-order valence-corrected chi connectivity index (χ0v) is 18.4. The first-order chi connectivity index (χ1) is 14.7. The smallest absolute Gasteiger partial charge is 0.410 e. The van der Waals surface area contributed by atoms with Crippen molar-refractivity contribution in [3.05, 3.63) is 33.9 Å². The Morgan fingerprint density at radius 2 is 2.00 bits per heavy atom. The molecule has 2 aliphatic rings. The quantitative estimate of drug-likeness (QED) is 0.785. The number of likely N-dealkylation sites (tertiary alicyclic amines) is 1. The molecule has 1 atom stereocenters. The molecule has 0 radical (unpaired) electrons. The molecule has 0 aliphatic carbocycles. The minimum atomic E-state index is -0.628. The van der Waals surface area contributed by atoms with Crippen LogP contribution >= 0.6 is 0 Å². The number of hydrogen-bond donors (Lipinski definition) is 1. The van der Waals surface area contributed by atoms with E-state index >= 15 is 0 Å². The van der Waals surface area contributed by atoms with Gasteiger partial charge >= 0.3 is 6.09 Å². The van der Waals surface area contributed by atoms with Crippen LogP contribution in [0.5, 0.6) is 0 Å². The minimum Gasteiger partial charge on any atom is -0.444 e. The van der Waals surface area contributed by atoms with Crippen molar-refractivity contribution in [2.24, 2.45) is 5.10 Å². The van der Waals surface area contributed by atoms with E-state index in [1.165, 1.54) is 7.11 Å². The van der Waals surface area contributed by atoms with Crippen LogP contribution in [-0.4, -0.2) is 75.8 Å². The van der Waals surface area contributed by atoms with Gasteiger partial charge in [0.25, 0.3) is 12.0 Å². The molecule has 168 valence electrons. The summed E-state index contributed by atoms with van der Waals surface area (Å²) < 4.78 is 18.1. The van der Waals surface area contributed by atoms with E-state index in [-0.39, 0.29) is 17.6 Å². The standard InChI is InChI=1S/C20H28N6O5/c1-20(2,3)31-18(28)25-8-6-12(7-9-25)14-10-15(27)22-16-13(11-21-26(14)16)17-23-24(4)19(29-5)30-17/h10-12,19H,6-9H2,1-5H3,(H,22,27). The summed E-state index contributed by atoms with van der Waals surface area (Å²) in [5, 5.41) is 10.4. The van der Waals surface area contributed by atoms with Crippen molar-refractivity contribution < 1.29 is 19.0 Å². The van der Waals surface area contributed by atoms with E-state index in [2.05, 4.69) is 15.2 Å². The molecule has 4 heterocycles. The van der Waals surface area contributed by atoms with E-state index in [1.54, 1.807) is 33.7 Å². The summed E-state index contributed by atoms with van der Waals surface area (Å²) >= 11 is 0. The number of nitrogens with one attached hydrogen (secondary N) is 1. The first-order valence-electron chi connectivity index (χ1n) is 10.3. The van der Waals surface area contributed by atoms with Crippen LogP contribution in [0.4, 0.5) is 4.79 Å². The number of aromatic nitrogens is 3. The molecule has 0 saturated carbocycles. The van der Waals surface area contributed by atoms with Crippen molar-refractivity contribution in [3.8, 4) is 0 Å². The molecule has 1 amide bonds. The van der Waals surface area contributed by atoms with Crippen molar-refractivity contribution in [1.29, 1.82) is 0 Å². The van der Waals surface area contributed by atoms with Crippen LogP contribution in [0.25, 0.3) is 5.65 Å². The lowest BCUT2D eigenvalue weighted by atomic mass is 9.93. The lowest BCUT2D eigenvalue weighted by molar-refractivity contribution is -0.134. The third-order valence-corrected chi connectivity index (χ3v) is 5.30. The topological polar surface area (TPSA) is 114 Å². The van der Waals surface area contributed by atoms with Crippen molar-refractivity contribution in [2.45, 2.75) is 51.5 Å². The zero-order valence-electron chi connectivity index (χ0n) is 18.4. The molecular weight excluding hydrogens is 404 g/mol. The number of nitrogens with zero attached hydrogens (tertiary/aromatic N) is 5. The maximum Gasteiger partial charge on any atom is 0.410 e. The Kier molecular flexibility index (Phi) is 5.38. The number of aromatic amines is 1. The molecule has 11 nitrogen and oxygen atoms in total. The van der Waals surface area contributed by atoms with Crippen molar-refractivity contribution in [2.75, 3.05) is 27.2 Å². The van der Waals surface area contributed by atoms with E-state index in [4.69, 9.17) is 14.2 Å². The molecule has 2 aromatic heterocycles. The van der Waals surface area contributed by atoms with E-state index < -0.39 is 12.0 Å². The fourth-order valence-electron chi connectivity index (χ4n) is 3.85. The molecule has 2 aliphatic heterocycles. The fourth-order valence-corrected chi connectivity index (χ4v) is 3.85. The van der Waals surface area contributed by atoms with Gasteiger partial charge in [0.2, 0.25) is 5.90 Å². The second-order valence-corrected chi connectivity index (χ2v) is 8.76. The summed E-state index contributed by atoms with van der Waals surface area (Å²) in [6.07, 6.45) is 2.10. The third kappa shape index (κ3) is 4.22. The first kappa shape index (κ1) is 21.2. The molecule has 11 heteroatoms. The number of piperidine rings is 1. The predicted octanol–water partition coefficient (Wildman–Crippen LogP) is 1.69. The third-order valence-electron chi connectivity index (χ3n) is 5.30. The lowest BCUT2D eigenvalue weighted by Crippen LogP contribution is -2.41. The van der Waals surface area contributed by atoms with Crippen LogP contribution < -0.4 is 5.56 Å². The zero-order chi connectivity index (χ0) is 22.3. The summed E-state index contributed by atoms with van der Waals surface area (Å²) in [7, 11) is 3.26. The number of rotatable bonds is 3. The first-order valence-corrected chi connectivity index (χ1v) is 10.3. The summed E-state index contributed by atoms with van der Waals surface area (Å²) in [6.45, 7) is 6.66. The van der Waals surface area contributed by atoms with Gasteiger partial charge in [-0.15, -0.1) is 5.10 Å². The average Bonchev–Trinajstić information content (AvgIpc) is 3.29. The largest absolute Gasteiger partial charge is 0.444 e. The molecule has 0 aromatic carbocycles. The van der Waals surface area contributed by atoms with E-state index in [9.17, 15) is 9.59 Å². The highest BCUT2D eigenvalue weighted by Crippen LogP contribution is 2.29. The molecule has 0 spiro atoms. The summed E-state index contributed by atoms with van der Waals surface area (Å²) in [5.74, 6) is 0.411. The molecule has 31 heavy (non-hydrogen) atoms. The second kappa shape index (κ2) is 7.88. The fraction of sp³-hybridized carbons (Fsp3) is 0.600. The highest BCUT2D eigenvalue weighted by Gasteiger charge is 2.31. The molecule has 1 saturated heterocycles. The van der Waals surface area contributed by atoms with Gasteiger partial charge in [-0.2, -0.15) is 5.10 Å². The van der Waals surface area contributed by atoms with Crippen LogP contribution in [0, 0.1) is 0 Å². The van der Waals surface area contributed by atoms with E-state index in [0.29, 0.717) is 43.0 Å². The maximum absolute atomic E-state index is 12.4. The van der Waals surface area contributed by atoms with Gasteiger partial charge in [-0.05, 0) is 33.6 Å². The van der Waals surface area contributed by atoms with Gasteiger partial charge in [0.05, 0.1) is 11.9 Å². The molecule has 4 rings (SSSR count). The second-order valence-electron chi connectivity index (χ2n) is 8.76. The van der Waals surface area contributed by atoms with E-state index in [0.717, 1.165) is 5.69 Å². The molecule has 2 aromatic rings. The van der Waals surface area contributed by atoms with Crippen LogP contribution in [0.15, 0.2) is 22.2 Å². The van der Waals surface area contributed by atoms with Gasteiger partial charge in [0.15, 0.2) is 0 Å². The van der Waals surface area contributed by atoms with Crippen molar-refractivity contribution in [1.82, 2.24) is 24.5 Å². The van der Waals surface area contributed by atoms with Gasteiger partial charge in [-0.1, -0.05) is 0 Å². The Morgan fingerprint density at radius 3 is 2.61 bits per heavy atom. The summed E-state index contributed by atoms with van der Waals surface area (Å²) in [6, 6.07) is 1.57. The van der Waals surface area contributed by atoms with Gasteiger partial charge < -0.3 is 24.1 Å². The van der Waals surface area contributed by atoms with Gasteiger partial charge in [0.1, 0.15) is 16.8 Å². The Labute approximate surface area is 179 Å². The number of fused-ring (bicyclic) bond motifs is 1. The molecular formula is C20H28N6O5. The van der Waals surface area contributed by atoms with E-state index in [1.807, 2.05) is 20.8 Å². The van der Waals surface area contributed by atoms with Crippen LogP contribution in [0.1, 0.15) is 50.8 Å². The number of amides is 1. The number of carbonyl (C=O) groups is 1. The Balaban J connectivity index is 1.56. The average molecular weight is 432 g/mol. The molecule has 1 unspecified atom stereocenters.